The molecule has 0 saturated carbocycles. The lowest BCUT2D eigenvalue weighted by Gasteiger charge is -2.13. The Morgan fingerprint density at radius 2 is 1.82 bits per heavy atom. The monoisotopic (exact) mass is 466 g/mol. The summed E-state index contributed by atoms with van der Waals surface area (Å²) in [6.07, 6.45) is 2.98. The Kier molecular flexibility index (Phi) is 6.64. The number of halogens is 1. The smallest absolute Gasteiger partial charge is 0.293 e. The lowest BCUT2D eigenvalue weighted by Crippen LogP contribution is -2.37. The Balaban J connectivity index is 1.28. The zero-order chi connectivity index (χ0) is 23.4. The Hall–Kier alpha value is -3.79. The fourth-order valence-corrected chi connectivity index (χ4v) is 4.15. The molecule has 0 unspecified atom stereocenters. The van der Waals surface area contributed by atoms with Crippen LogP contribution in [-0.2, 0) is 16.1 Å². The third-order valence-electron chi connectivity index (χ3n) is 5.01. The number of aromatic nitrogens is 2. The van der Waals surface area contributed by atoms with Gasteiger partial charge in [0.2, 0.25) is 5.91 Å². The van der Waals surface area contributed by atoms with Gasteiger partial charge in [0, 0.05) is 26.1 Å². The molecule has 4 rings (SSSR count). The minimum absolute atomic E-state index is 0.0225. The molecule has 8 nitrogen and oxygen atoms in total. The molecule has 2 aromatic carbocycles. The van der Waals surface area contributed by atoms with E-state index in [9.17, 15) is 23.6 Å². The van der Waals surface area contributed by atoms with E-state index in [0.29, 0.717) is 16.5 Å². The number of nitrogens with zero attached hydrogens (tertiary/aromatic N) is 3. The van der Waals surface area contributed by atoms with Crippen LogP contribution >= 0.6 is 11.8 Å². The minimum Gasteiger partial charge on any atom is -0.354 e. The van der Waals surface area contributed by atoms with E-state index >= 15 is 0 Å². The first-order valence-corrected chi connectivity index (χ1v) is 11.0. The van der Waals surface area contributed by atoms with Gasteiger partial charge in [-0.2, -0.15) is 0 Å². The predicted molar refractivity (Wildman–Crippen MR) is 123 cm³/mol. The first kappa shape index (κ1) is 22.4. The molecule has 168 valence electrons. The van der Waals surface area contributed by atoms with Crippen LogP contribution < -0.4 is 10.9 Å². The molecule has 1 aliphatic rings. The molecule has 33 heavy (non-hydrogen) atoms. The maximum atomic E-state index is 13.0. The van der Waals surface area contributed by atoms with Crippen LogP contribution in [0.4, 0.5) is 9.18 Å². The molecular weight excluding hydrogens is 447 g/mol. The molecule has 0 atom stereocenters. The van der Waals surface area contributed by atoms with Gasteiger partial charge in [-0.25, -0.2) is 9.37 Å². The summed E-state index contributed by atoms with van der Waals surface area (Å²) in [5, 5.41) is 2.70. The number of carbonyl (C=O) groups is 3. The van der Waals surface area contributed by atoms with Crippen molar-refractivity contribution >= 4 is 45.8 Å². The van der Waals surface area contributed by atoms with Crippen molar-refractivity contribution < 1.29 is 18.8 Å². The van der Waals surface area contributed by atoms with Gasteiger partial charge < -0.3 is 5.32 Å². The summed E-state index contributed by atoms with van der Waals surface area (Å²) in [5.41, 5.74) is 0.974. The number of aryl methyl sites for hydroxylation is 1. The summed E-state index contributed by atoms with van der Waals surface area (Å²) in [4.78, 5) is 54.8. The van der Waals surface area contributed by atoms with Crippen molar-refractivity contribution in [1.82, 2.24) is 19.8 Å². The number of carbonyl (C=O) groups excluding carboxylic acids is 3. The van der Waals surface area contributed by atoms with Gasteiger partial charge in [0.15, 0.2) is 0 Å². The quantitative estimate of drug-likeness (QED) is 0.538. The van der Waals surface area contributed by atoms with Gasteiger partial charge in [-0.15, -0.1) is 0 Å². The van der Waals surface area contributed by atoms with Crippen LogP contribution in [-0.4, -0.2) is 44.6 Å². The molecule has 1 N–H and O–H groups in total. The average Bonchev–Trinajstić information content (AvgIpc) is 3.07. The fraction of sp³-hybridized carbons (Fsp3) is 0.174. The van der Waals surface area contributed by atoms with Crippen LogP contribution in [0.1, 0.15) is 12.0 Å². The molecule has 2 heterocycles. The lowest BCUT2D eigenvalue weighted by molar-refractivity contribution is -0.124. The largest absolute Gasteiger partial charge is 0.354 e. The van der Waals surface area contributed by atoms with Crippen molar-refractivity contribution in [2.75, 3.05) is 13.1 Å². The maximum absolute atomic E-state index is 13.0. The number of imide groups is 1. The number of hydrogen-bond acceptors (Lipinski definition) is 6. The van der Waals surface area contributed by atoms with Crippen LogP contribution in [0.5, 0.6) is 0 Å². The van der Waals surface area contributed by atoms with Crippen molar-refractivity contribution in [2.24, 2.45) is 0 Å². The summed E-state index contributed by atoms with van der Waals surface area (Å²) in [6.45, 7) is 0.269. The number of para-hydroxylation sites is 1. The van der Waals surface area contributed by atoms with Gasteiger partial charge in [0.25, 0.3) is 16.7 Å². The summed E-state index contributed by atoms with van der Waals surface area (Å²) >= 11 is 0.797. The number of benzene rings is 2. The number of hydrogen-bond donors (Lipinski definition) is 1. The topological polar surface area (TPSA) is 101 Å². The molecule has 1 aliphatic heterocycles. The van der Waals surface area contributed by atoms with E-state index in [1.165, 1.54) is 41.2 Å². The SMILES string of the molecule is O=C(CCn1cnc2ccccc2c1=O)NCCN1C(=O)S/C(=C\c2ccc(F)cc2)C1=O. The Morgan fingerprint density at radius 1 is 1.06 bits per heavy atom. The summed E-state index contributed by atoms with van der Waals surface area (Å²) in [5.74, 6) is -1.17. The van der Waals surface area contributed by atoms with E-state index in [-0.39, 0.29) is 42.4 Å². The van der Waals surface area contributed by atoms with Gasteiger partial charge in [-0.1, -0.05) is 24.3 Å². The molecule has 0 aliphatic carbocycles. The second-order valence-electron chi connectivity index (χ2n) is 7.25. The molecule has 0 bridgehead atoms. The number of rotatable bonds is 7. The van der Waals surface area contributed by atoms with E-state index in [1.54, 1.807) is 24.3 Å². The van der Waals surface area contributed by atoms with Crippen LogP contribution in [0.3, 0.4) is 0 Å². The highest BCUT2D eigenvalue weighted by molar-refractivity contribution is 8.18. The van der Waals surface area contributed by atoms with Crippen molar-refractivity contribution in [1.29, 1.82) is 0 Å². The number of amides is 3. The molecule has 10 heteroatoms. The van der Waals surface area contributed by atoms with Crippen LogP contribution in [0.15, 0.2) is 64.6 Å². The first-order chi connectivity index (χ1) is 15.9. The van der Waals surface area contributed by atoms with E-state index < -0.39 is 17.0 Å². The highest BCUT2D eigenvalue weighted by Gasteiger charge is 2.34. The predicted octanol–water partition coefficient (Wildman–Crippen LogP) is 2.78. The highest BCUT2D eigenvalue weighted by atomic mass is 32.2. The third kappa shape index (κ3) is 5.17. The second-order valence-corrected chi connectivity index (χ2v) is 8.24. The lowest BCUT2D eigenvalue weighted by atomic mass is 10.2. The van der Waals surface area contributed by atoms with Crippen LogP contribution in [0, 0.1) is 5.82 Å². The summed E-state index contributed by atoms with van der Waals surface area (Å²) < 4.78 is 14.4. The van der Waals surface area contributed by atoms with E-state index in [0.717, 1.165) is 16.7 Å². The van der Waals surface area contributed by atoms with E-state index in [1.807, 2.05) is 0 Å². The number of fused-ring (bicyclic) bond motifs is 1. The van der Waals surface area contributed by atoms with Crippen LogP contribution in [0.25, 0.3) is 17.0 Å². The fourth-order valence-electron chi connectivity index (χ4n) is 3.29. The molecule has 1 fully saturated rings. The standard InChI is InChI=1S/C23H19FN4O4S/c24-16-7-5-15(6-8-16)13-19-22(31)28(23(32)33-19)12-10-25-20(29)9-11-27-14-26-18-4-2-1-3-17(18)21(27)30/h1-8,13-14H,9-12H2,(H,25,29)/b19-13-. The number of thioether (sulfide) groups is 1. The van der Waals surface area contributed by atoms with Gasteiger partial charge in [-0.3, -0.25) is 28.6 Å². The Morgan fingerprint density at radius 3 is 2.61 bits per heavy atom. The Bertz CT molecular complexity index is 1320. The normalized spacial score (nSPS) is 14.9. The van der Waals surface area contributed by atoms with Crippen molar-refractivity contribution in [3.8, 4) is 0 Å². The molecule has 3 amide bonds. The van der Waals surface area contributed by atoms with E-state index in [4.69, 9.17) is 0 Å². The second kappa shape index (κ2) is 9.78. The highest BCUT2D eigenvalue weighted by Crippen LogP contribution is 2.31. The minimum atomic E-state index is -0.461. The first-order valence-electron chi connectivity index (χ1n) is 10.1. The van der Waals surface area contributed by atoms with Crippen molar-refractivity contribution in [2.45, 2.75) is 13.0 Å². The molecule has 1 aromatic heterocycles. The van der Waals surface area contributed by atoms with Crippen LogP contribution in [0.2, 0.25) is 0 Å². The molecule has 0 spiro atoms. The molecule has 0 radical (unpaired) electrons. The van der Waals surface area contributed by atoms with Crippen molar-refractivity contribution in [3.63, 3.8) is 0 Å². The summed E-state index contributed by atoms with van der Waals surface area (Å²) in [7, 11) is 0. The van der Waals surface area contributed by atoms with E-state index in [2.05, 4.69) is 10.3 Å². The average molecular weight is 466 g/mol. The summed E-state index contributed by atoms with van der Waals surface area (Å²) in [6, 6.07) is 12.5. The molecule has 1 saturated heterocycles. The zero-order valence-corrected chi connectivity index (χ0v) is 18.2. The third-order valence-corrected chi connectivity index (χ3v) is 5.92. The van der Waals surface area contributed by atoms with Gasteiger partial charge in [0.1, 0.15) is 5.82 Å². The van der Waals surface area contributed by atoms with Gasteiger partial charge in [-0.05, 0) is 47.7 Å². The Labute approximate surface area is 192 Å². The zero-order valence-electron chi connectivity index (χ0n) is 17.4. The number of nitrogens with one attached hydrogen (secondary N) is 1. The van der Waals surface area contributed by atoms with Gasteiger partial charge in [0.05, 0.1) is 22.1 Å². The maximum Gasteiger partial charge on any atom is 0.293 e. The van der Waals surface area contributed by atoms with Crippen molar-refractivity contribution in [3.05, 3.63) is 81.5 Å². The molecular formula is C23H19FN4O4S. The van der Waals surface area contributed by atoms with Gasteiger partial charge >= 0.3 is 0 Å². The molecule has 3 aromatic rings.